The number of carbonyl (C=O) groups excluding carboxylic acids is 1. The van der Waals surface area contributed by atoms with Gasteiger partial charge in [-0.15, -0.1) is 0 Å². The molecule has 8 nitrogen and oxygen atoms in total. The molecule has 3 aromatic rings. The van der Waals surface area contributed by atoms with Gasteiger partial charge >= 0.3 is 0 Å². The number of amides is 1. The van der Waals surface area contributed by atoms with Gasteiger partial charge in [-0.05, 0) is 79.9 Å². The van der Waals surface area contributed by atoms with Crippen LogP contribution >= 0.6 is 11.6 Å². The molecular weight excluding hydrogens is 529 g/mol. The molecule has 3 heterocycles. The quantitative estimate of drug-likeness (QED) is 0.481. The van der Waals surface area contributed by atoms with E-state index in [1.165, 1.54) is 23.8 Å². The Morgan fingerprint density at radius 1 is 1.05 bits per heavy atom. The Balaban J connectivity index is 0.00000353. The maximum Gasteiger partial charge on any atom is 0.263 e. The van der Waals surface area contributed by atoms with E-state index < -0.39 is 15.8 Å². The first-order valence-electron chi connectivity index (χ1n) is 12.5. The van der Waals surface area contributed by atoms with Crippen LogP contribution in [0.4, 0.5) is 21.6 Å². The van der Waals surface area contributed by atoms with Crippen LogP contribution in [0.3, 0.4) is 0 Å². The summed E-state index contributed by atoms with van der Waals surface area (Å²) in [6, 6.07) is 14.6. The van der Waals surface area contributed by atoms with Crippen LogP contribution in [0.5, 0.6) is 0 Å². The van der Waals surface area contributed by atoms with E-state index in [1.54, 1.807) is 12.1 Å². The number of benzene rings is 2. The van der Waals surface area contributed by atoms with E-state index in [0.717, 1.165) is 43.0 Å². The van der Waals surface area contributed by atoms with E-state index >= 15 is 0 Å². The molecule has 1 N–H and O–H groups in total. The van der Waals surface area contributed by atoms with Crippen molar-refractivity contribution in [2.45, 2.75) is 30.7 Å². The fraction of sp³-hybridized carbons (Fsp3) is 0.333. The SMILES string of the molecule is C[C@H](C(=O)N1CCN(c2ccc(S(=O)(=O)Nc3ccc(F)cn3)cc2)CC1)N1CCCc2cc(Cl)ccc21.[HH]. The van der Waals surface area contributed by atoms with Gasteiger partial charge in [-0.1, -0.05) is 11.6 Å². The van der Waals surface area contributed by atoms with Gasteiger partial charge in [-0.3, -0.25) is 9.52 Å². The number of piperazine rings is 1. The summed E-state index contributed by atoms with van der Waals surface area (Å²) in [6.07, 6.45) is 2.90. The number of pyridine rings is 1. The van der Waals surface area contributed by atoms with Crippen molar-refractivity contribution in [1.29, 1.82) is 0 Å². The van der Waals surface area contributed by atoms with E-state index in [2.05, 4.69) is 19.5 Å². The largest absolute Gasteiger partial charge is 0.368 e. The van der Waals surface area contributed by atoms with Gasteiger partial charge < -0.3 is 14.7 Å². The summed E-state index contributed by atoms with van der Waals surface area (Å²) in [5.74, 6) is -0.396. The molecule has 1 aromatic heterocycles. The van der Waals surface area contributed by atoms with Crippen LogP contribution < -0.4 is 14.5 Å². The number of halogens is 2. The number of carbonyl (C=O) groups is 1. The van der Waals surface area contributed by atoms with Gasteiger partial charge in [0.1, 0.15) is 17.7 Å². The van der Waals surface area contributed by atoms with Crippen molar-refractivity contribution in [3.05, 3.63) is 77.2 Å². The Morgan fingerprint density at radius 2 is 1.79 bits per heavy atom. The number of hydrogen-bond acceptors (Lipinski definition) is 6. The Labute approximate surface area is 228 Å². The molecule has 0 spiro atoms. The molecule has 2 aliphatic rings. The van der Waals surface area contributed by atoms with Gasteiger partial charge in [-0.25, -0.2) is 17.8 Å². The molecular formula is C27H31ClFN5O3S. The van der Waals surface area contributed by atoms with Gasteiger partial charge in [0.2, 0.25) is 5.91 Å². The molecule has 0 aliphatic carbocycles. The summed E-state index contributed by atoms with van der Waals surface area (Å²) in [5, 5.41) is 0.715. The number of sulfonamides is 1. The second-order valence-electron chi connectivity index (χ2n) is 9.52. The molecule has 0 saturated carbocycles. The lowest BCUT2D eigenvalue weighted by Gasteiger charge is -2.41. The van der Waals surface area contributed by atoms with E-state index in [9.17, 15) is 17.6 Å². The summed E-state index contributed by atoms with van der Waals surface area (Å²) in [7, 11) is -3.86. The first-order chi connectivity index (χ1) is 18.2. The highest BCUT2D eigenvalue weighted by atomic mass is 35.5. The molecule has 38 heavy (non-hydrogen) atoms. The molecule has 1 atom stereocenters. The van der Waals surface area contributed by atoms with Crippen LogP contribution in [-0.2, 0) is 21.2 Å². The smallest absolute Gasteiger partial charge is 0.263 e. The first-order valence-corrected chi connectivity index (χ1v) is 14.4. The summed E-state index contributed by atoms with van der Waals surface area (Å²) >= 11 is 6.18. The Kier molecular flexibility index (Phi) is 7.45. The van der Waals surface area contributed by atoms with Crippen LogP contribution in [-0.4, -0.2) is 63.0 Å². The van der Waals surface area contributed by atoms with Crippen molar-refractivity contribution in [3.8, 4) is 0 Å². The fourth-order valence-electron chi connectivity index (χ4n) is 5.05. The Bertz CT molecular complexity index is 1420. The number of nitrogens with one attached hydrogen (secondary N) is 1. The van der Waals surface area contributed by atoms with Gasteiger partial charge in [0.05, 0.1) is 11.1 Å². The van der Waals surface area contributed by atoms with Gasteiger partial charge in [-0.2, -0.15) is 0 Å². The zero-order chi connectivity index (χ0) is 26.9. The number of hydrogen-bond donors (Lipinski definition) is 1. The second kappa shape index (κ2) is 10.8. The molecule has 202 valence electrons. The van der Waals surface area contributed by atoms with E-state index in [-0.39, 0.29) is 24.1 Å². The standard InChI is InChI=1S/C27H29ClFN5O3S.H2/c1-19(34-12-2-3-20-17-21(28)4-10-25(20)34)27(35)33-15-13-32(14-16-33)23-6-8-24(9-7-23)38(36,37)31-26-11-5-22(29)18-30-26;/h4-11,17-19H,2-3,12-16H2,1H3,(H,30,31);1H/t19-;/m1./s1. The zero-order valence-electron chi connectivity index (χ0n) is 21.0. The summed E-state index contributed by atoms with van der Waals surface area (Å²) in [4.78, 5) is 23.4. The number of fused-ring (bicyclic) bond motifs is 1. The Hall–Kier alpha value is -3.37. The zero-order valence-corrected chi connectivity index (χ0v) is 22.6. The Morgan fingerprint density at radius 3 is 2.47 bits per heavy atom. The third-order valence-electron chi connectivity index (χ3n) is 7.09. The van der Waals surface area contributed by atoms with Crippen molar-refractivity contribution in [2.75, 3.05) is 47.2 Å². The maximum atomic E-state index is 13.4. The maximum absolute atomic E-state index is 13.4. The normalized spacial score (nSPS) is 16.7. The molecule has 5 rings (SSSR count). The lowest BCUT2D eigenvalue weighted by Crippen LogP contribution is -2.55. The molecule has 1 amide bonds. The van der Waals surface area contributed by atoms with Crippen molar-refractivity contribution < 1.29 is 19.0 Å². The number of aromatic nitrogens is 1. The lowest BCUT2D eigenvalue weighted by atomic mass is 10.00. The van der Waals surface area contributed by atoms with Crippen molar-refractivity contribution in [1.82, 2.24) is 9.88 Å². The number of rotatable bonds is 6. The summed E-state index contributed by atoms with van der Waals surface area (Å²) in [5.41, 5.74) is 3.15. The molecule has 1 saturated heterocycles. The minimum Gasteiger partial charge on any atom is -0.368 e. The summed E-state index contributed by atoms with van der Waals surface area (Å²) < 4.78 is 40.7. The molecule has 0 unspecified atom stereocenters. The number of anilines is 3. The minimum absolute atomic E-state index is 0. The average molecular weight is 560 g/mol. The van der Waals surface area contributed by atoms with Crippen LogP contribution in [0.2, 0.25) is 5.02 Å². The topological polar surface area (TPSA) is 85.8 Å². The lowest BCUT2D eigenvalue weighted by molar-refractivity contribution is -0.132. The summed E-state index contributed by atoms with van der Waals surface area (Å²) in [6.45, 7) is 5.27. The highest BCUT2D eigenvalue weighted by Crippen LogP contribution is 2.31. The van der Waals surface area contributed by atoms with Gasteiger partial charge in [0.15, 0.2) is 0 Å². The molecule has 2 aromatic carbocycles. The number of aryl methyl sites for hydroxylation is 1. The fourth-order valence-corrected chi connectivity index (χ4v) is 6.25. The second-order valence-corrected chi connectivity index (χ2v) is 11.6. The van der Waals surface area contributed by atoms with Gasteiger partial charge in [0, 0.05) is 50.5 Å². The highest BCUT2D eigenvalue weighted by molar-refractivity contribution is 7.92. The van der Waals surface area contributed by atoms with Crippen molar-refractivity contribution in [3.63, 3.8) is 0 Å². The molecule has 1 fully saturated rings. The number of nitrogens with zero attached hydrogens (tertiary/aromatic N) is 4. The predicted molar refractivity (Wildman–Crippen MR) is 149 cm³/mol. The van der Waals surface area contributed by atoms with Crippen LogP contribution in [0, 0.1) is 5.82 Å². The predicted octanol–water partition coefficient (Wildman–Crippen LogP) is 4.41. The molecule has 2 aliphatic heterocycles. The van der Waals surface area contributed by atoms with E-state index in [4.69, 9.17) is 11.6 Å². The molecule has 0 bridgehead atoms. The third kappa shape index (κ3) is 5.56. The molecule has 0 radical (unpaired) electrons. The minimum atomic E-state index is -3.86. The van der Waals surface area contributed by atoms with Crippen LogP contribution in [0.25, 0.3) is 0 Å². The highest BCUT2D eigenvalue weighted by Gasteiger charge is 2.31. The first kappa shape index (κ1) is 26.2. The van der Waals surface area contributed by atoms with Crippen molar-refractivity contribution >= 4 is 44.7 Å². The van der Waals surface area contributed by atoms with E-state index in [1.807, 2.05) is 30.0 Å². The van der Waals surface area contributed by atoms with Crippen LogP contribution in [0.15, 0.2) is 65.7 Å². The van der Waals surface area contributed by atoms with Gasteiger partial charge in [0.25, 0.3) is 10.0 Å². The average Bonchev–Trinajstić information content (AvgIpc) is 2.93. The molecule has 11 heteroatoms. The third-order valence-corrected chi connectivity index (χ3v) is 8.70. The van der Waals surface area contributed by atoms with Crippen LogP contribution in [0.1, 0.15) is 20.3 Å². The monoisotopic (exact) mass is 559 g/mol. The van der Waals surface area contributed by atoms with Crippen molar-refractivity contribution in [2.24, 2.45) is 0 Å². The van der Waals surface area contributed by atoms with E-state index in [0.29, 0.717) is 31.2 Å².